The van der Waals surface area contributed by atoms with Crippen molar-refractivity contribution < 1.29 is 14.3 Å². The predicted octanol–water partition coefficient (Wildman–Crippen LogP) is 3.43. The molecule has 162 valence electrons. The van der Waals surface area contributed by atoms with Crippen LogP contribution < -0.4 is 25.6 Å². The Bertz CT molecular complexity index is 1130. The summed E-state index contributed by atoms with van der Waals surface area (Å²) in [5.74, 6) is 1.12. The summed E-state index contributed by atoms with van der Waals surface area (Å²) in [7, 11) is 5.08. The van der Waals surface area contributed by atoms with Crippen molar-refractivity contribution in [2.75, 3.05) is 19.2 Å². The van der Waals surface area contributed by atoms with Gasteiger partial charge in [-0.1, -0.05) is 17.7 Å². The van der Waals surface area contributed by atoms with Gasteiger partial charge in [-0.15, -0.1) is 11.1 Å². The normalized spacial score (nSPS) is 13.8. The van der Waals surface area contributed by atoms with Crippen molar-refractivity contribution in [2.45, 2.75) is 13.5 Å². The van der Waals surface area contributed by atoms with Gasteiger partial charge in [0.2, 0.25) is 0 Å². The SMILES string of the molecule is COc1cccc(N2NNN(C)C2=O)c1COc1ccc(-c2nn(C)cc2C)cc1Cl. The van der Waals surface area contributed by atoms with Gasteiger partial charge >= 0.3 is 6.03 Å². The van der Waals surface area contributed by atoms with Gasteiger partial charge in [-0.2, -0.15) is 5.10 Å². The molecule has 1 fully saturated rings. The Balaban J connectivity index is 1.59. The number of anilines is 1. The first-order valence-electron chi connectivity index (χ1n) is 9.57. The molecule has 3 aromatic rings. The maximum absolute atomic E-state index is 12.4. The number of urea groups is 1. The highest BCUT2D eigenvalue weighted by Crippen LogP contribution is 2.34. The van der Waals surface area contributed by atoms with E-state index in [-0.39, 0.29) is 12.6 Å². The Morgan fingerprint density at radius 1 is 1.13 bits per heavy atom. The standard InChI is InChI=1S/C21H23ClN6O3/c1-13-11-26(2)23-20(13)14-8-9-19(16(22)10-14)31-12-15-17(6-5-7-18(15)30-4)28-21(29)27(3)24-25-28/h5-11,24-25H,12H2,1-4H3. The number of rotatable bonds is 6. The number of aryl methyl sites for hydroxylation is 2. The molecule has 2 aromatic carbocycles. The molecule has 1 aliphatic rings. The molecule has 1 aliphatic heterocycles. The number of carbonyl (C=O) groups excluding carboxylic acids is 1. The van der Waals surface area contributed by atoms with Crippen molar-refractivity contribution in [3.8, 4) is 22.8 Å². The average molecular weight is 443 g/mol. The lowest BCUT2D eigenvalue weighted by molar-refractivity contribution is 0.214. The van der Waals surface area contributed by atoms with Crippen molar-refractivity contribution in [1.29, 1.82) is 0 Å². The summed E-state index contributed by atoms with van der Waals surface area (Å²) in [6.07, 6.45) is 1.96. The highest BCUT2D eigenvalue weighted by Gasteiger charge is 2.29. The Morgan fingerprint density at radius 2 is 1.94 bits per heavy atom. The van der Waals surface area contributed by atoms with Crippen molar-refractivity contribution in [3.05, 3.63) is 58.7 Å². The van der Waals surface area contributed by atoms with Gasteiger partial charge in [-0.3, -0.25) is 4.68 Å². The van der Waals surface area contributed by atoms with E-state index in [1.807, 2.05) is 56.6 Å². The first-order chi connectivity index (χ1) is 14.9. The van der Waals surface area contributed by atoms with E-state index < -0.39 is 0 Å². The molecule has 0 spiro atoms. The van der Waals surface area contributed by atoms with E-state index in [4.69, 9.17) is 21.1 Å². The number of amides is 2. The van der Waals surface area contributed by atoms with Gasteiger partial charge in [0.25, 0.3) is 0 Å². The van der Waals surface area contributed by atoms with Crippen LogP contribution in [0.4, 0.5) is 10.5 Å². The summed E-state index contributed by atoms with van der Waals surface area (Å²) in [5, 5.41) is 7.67. The highest BCUT2D eigenvalue weighted by molar-refractivity contribution is 6.32. The van der Waals surface area contributed by atoms with Crippen LogP contribution in [0.2, 0.25) is 5.02 Å². The van der Waals surface area contributed by atoms with E-state index in [1.54, 1.807) is 18.8 Å². The molecule has 31 heavy (non-hydrogen) atoms. The molecule has 0 aliphatic carbocycles. The summed E-state index contributed by atoms with van der Waals surface area (Å²) in [6.45, 7) is 2.15. The van der Waals surface area contributed by atoms with Crippen LogP contribution in [0, 0.1) is 6.92 Å². The number of nitrogens with zero attached hydrogens (tertiary/aromatic N) is 4. The second-order valence-corrected chi connectivity index (χ2v) is 7.53. The molecular formula is C21H23ClN6O3. The molecule has 2 N–H and O–H groups in total. The smallest absolute Gasteiger partial charge is 0.355 e. The summed E-state index contributed by atoms with van der Waals surface area (Å²) in [4.78, 5) is 12.4. The Kier molecular flexibility index (Phi) is 5.73. The van der Waals surface area contributed by atoms with Crippen molar-refractivity contribution in [2.24, 2.45) is 7.05 Å². The molecule has 10 heteroatoms. The zero-order valence-electron chi connectivity index (χ0n) is 17.6. The van der Waals surface area contributed by atoms with Gasteiger partial charge < -0.3 is 9.47 Å². The fourth-order valence-corrected chi connectivity index (χ4v) is 3.68. The van der Waals surface area contributed by atoms with Crippen molar-refractivity contribution in [3.63, 3.8) is 0 Å². The van der Waals surface area contributed by atoms with Crippen LogP contribution in [0.25, 0.3) is 11.3 Å². The number of ether oxygens (including phenoxy) is 2. The molecule has 0 unspecified atom stereocenters. The topological polar surface area (TPSA) is 83.9 Å². The lowest BCUT2D eigenvalue weighted by Gasteiger charge is -2.20. The fourth-order valence-electron chi connectivity index (χ4n) is 3.44. The largest absolute Gasteiger partial charge is 0.496 e. The summed E-state index contributed by atoms with van der Waals surface area (Å²) in [6, 6.07) is 10.7. The maximum Gasteiger partial charge on any atom is 0.355 e. The van der Waals surface area contributed by atoms with Crippen LogP contribution in [0.3, 0.4) is 0 Å². The molecule has 0 bridgehead atoms. The minimum absolute atomic E-state index is 0.149. The quantitative estimate of drug-likeness (QED) is 0.608. The lowest BCUT2D eigenvalue weighted by atomic mass is 10.1. The molecule has 0 atom stereocenters. The second kappa shape index (κ2) is 8.46. The number of aromatic nitrogens is 2. The monoisotopic (exact) mass is 442 g/mol. The van der Waals surface area contributed by atoms with Crippen LogP contribution in [0.5, 0.6) is 11.5 Å². The van der Waals surface area contributed by atoms with E-state index in [0.29, 0.717) is 27.8 Å². The number of hydrogen-bond acceptors (Lipinski definition) is 6. The number of carbonyl (C=O) groups is 1. The highest BCUT2D eigenvalue weighted by atomic mass is 35.5. The Labute approximate surface area is 185 Å². The molecule has 2 amide bonds. The lowest BCUT2D eigenvalue weighted by Crippen LogP contribution is -2.38. The number of hydrazine groups is 3. The molecular weight excluding hydrogens is 420 g/mol. The molecule has 0 radical (unpaired) electrons. The van der Waals surface area contributed by atoms with Gasteiger partial charge in [-0.25, -0.2) is 14.8 Å². The van der Waals surface area contributed by atoms with Gasteiger partial charge in [0, 0.05) is 25.9 Å². The minimum atomic E-state index is -0.261. The average Bonchev–Trinajstić information content (AvgIpc) is 3.27. The van der Waals surface area contributed by atoms with E-state index in [2.05, 4.69) is 16.2 Å². The Hall–Kier alpha value is -3.27. The maximum atomic E-state index is 12.4. The number of benzene rings is 2. The number of halogens is 1. The third-order valence-corrected chi connectivity index (χ3v) is 5.26. The summed E-state index contributed by atoms with van der Waals surface area (Å²) >= 11 is 6.50. The zero-order valence-corrected chi connectivity index (χ0v) is 18.4. The van der Waals surface area contributed by atoms with E-state index in [9.17, 15) is 4.79 Å². The minimum Gasteiger partial charge on any atom is -0.496 e. The Morgan fingerprint density at radius 3 is 2.55 bits per heavy atom. The van der Waals surface area contributed by atoms with Crippen LogP contribution in [0.1, 0.15) is 11.1 Å². The molecule has 1 saturated heterocycles. The van der Waals surface area contributed by atoms with E-state index in [1.165, 1.54) is 10.0 Å². The van der Waals surface area contributed by atoms with Crippen LogP contribution in [-0.4, -0.2) is 35.0 Å². The molecule has 2 heterocycles. The summed E-state index contributed by atoms with van der Waals surface area (Å²) < 4.78 is 13.3. The first kappa shape index (κ1) is 21.0. The summed E-state index contributed by atoms with van der Waals surface area (Å²) in [5.41, 5.74) is 9.72. The number of hydrogen-bond donors (Lipinski definition) is 2. The van der Waals surface area contributed by atoms with Gasteiger partial charge in [0.1, 0.15) is 18.1 Å². The fraction of sp³-hybridized carbons (Fsp3) is 0.238. The zero-order chi connectivity index (χ0) is 22.1. The third kappa shape index (κ3) is 4.02. The van der Waals surface area contributed by atoms with Gasteiger partial charge in [0.15, 0.2) is 0 Å². The first-order valence-corrected chi connectivity index (χ1v) is 9.94. The van der Waals surface area contributed by atoms with Crippen molar-refractivity contribution in [1.82, 2.24) is 25.9 Å². The van der Waals surface area contributed by atoms with Crippen LogP contribution >= 0.6 is 11.6 Å². The second-order valence-electron chi connectivity index (χ2n) is 7.13. The van der Waals surface area contributed by atoms with Gasteiger partial charge in [-0.05, 0) is 42.8 Å². The predicted molar refractivity (Wildman–Crippen MR) is 118 cm³/mol. The third-order valence-electron chi connectivity index (χ3n) is 4.97. The van der Waals surface area contributed by atoms with Gasteiger partial charge in [0.05, 0.1) is 29.1 Å². The van der Waals surface area contributed by atoms with Crippen LogP contribution in [-0.2, 0) is 13.7 Å². The van der Waals surface area contributed by atoms with E-state index in [0.717, 1.165) is 16.8 Å². The van der Waals surface area contributed by atoms with Crippen molar-refractivity contribution >= 4 is 23.3 Å². The molecule has 4 rings (SSSR count). The molecule has 9 nitrogen and oxygen atoms in total. The number of methoxy groups -OCH3 is 1. The number of nitrogens with one attached hydrogen (secondary N) is 2. The molecule has 1 aromatic heterocycles. The molecule has 0 saturated carbocycles. The van der Waals surface area contributed by atoms with E-state index >= 15 is 0 Å². The van der Waals surface area contributed by atoms with Crippen LogP contribution in [0.15, 0.2) is 42.6 Å².